The van der Waals surface area contributed by atoms with Gasteiger partial charge in [-0.25, -0.2) is 9.07 Å². The Bertz CT molecular complexity index is 1400. The molecule has 0 aliphatic carbocycles. The van der Waals surface area contributed by atoms with Gasteiger partial charge in [0.1, 0.15) is 17.6 Å². The van der Waals surface area contributed by atoms with Crippen molar-refractivity contribution in [3.05, 3.63) is 106 Å². The summed E-state index contributed by atoms with van der Waals surface area (Å²) in [5.74, 6) is 1.07. The third-order valence-corrected chi connectivity index (χ3v) is 6.66. The average molecular weight is 457 g/mol. The standard InChI is InChI=1S/C26H21FN4OS/c1-15-11-13-16(14-12-15)23-21-22(28-25-29-26(33-2)30-31(23)25)18-8-4-6-10-20(18)32-24(21)17-7-3-5-9-19(17)27/h3-14,23-24H,1-2H3,(H,28,29,30)/t23-,24-/m1/s1. The molecule has 0 fully saturated rings. The largest absolute Gasteiger partial charge is 0.480 e. The number of nitrogens with zero attached hydrogens (tertiary/aromatic N) is 3. The normalized spacial score (nSPS) is 18.6. The van der Waals surface area contributed by atoms with Gasteiger partial charge in [0, 0.05) is 16.7 Å². The molecule has 0 saturated carbocycles. The molecule has 0 bridgehead atoms. The molecule has 7 heteroatoms. The van der Waals surface area contributed by atoms with Crippen LogP contribution in [-0.2, 0) is 0 Å². The fourth-order valence-electron chi connectivity index (χ4n) is 4.56. The zero-order valence-electron chi connectivity index (χ0n) is 18.1. The summed E-state index contributed by atoms with van der Waals surface area (Å²) in [5.41, 5.74) is 5.43. The zero-order valence-corrected chi connectivity index (χ0v) is 18.9. The van der Waals surface area contributed by atoms with Gasteiger partial charge in [0.05, 0.1) is 5.70 Å². The summed E-state index contributed by atoms with van der Waals surface area (Å²) in [6.45, 7) is 2.06. The van der Waals surface area contributed by atoms with Gasteiger partial charge < -0.3 is 10.1 Å². The van der Waals surface area contributed by atoms with Crippen LogP contribution in [0.2, 0.25) is 0 Å². The zero-order chi connectivity index (χ0) is 22.5. The first kappa shape index (κ1) is 20.1. The first-order valence-corrected chi connectivity index (χ1v) is 11.9. The van der Waals surface area contributed by atoms with Gasteiger partial charge in [-0.05, 0) is 36.9 Å². The number of rotatable bonds is 3. The molecule has 0 amide bonds. The number of aromatic nitrogens is 3. The second-order valence-electron chi connectivity index (χ2n) is 8.15. The van der Waals surface area contributed by atoms with Crippen LogP contribution in [0.1, 0.15) is 34.4 Å². The maximum absolute atomic E-state index is 15.1. The highest BCUT2D eigenvalue weighted by molar-refractivity contribution is 7.98. The minimum Gasteiger partial charge on any atom is -0.480 e. The number of para-hydroxylation sites is 1. The Balaban J connectivity index is 1.65. The number of hydrogen-bond donors (Lipinski definition) is 1. The highest BCUT2D eigenvalue weighted by Crippen LogP contribution is 2.51. The summed E-state index contributed by atoms with van der Waals surface area (Å²) in [6, 6.07) is 22.7. The monoisotopic (exact) mass is 456 g/mol. The lowest BCUT2D eigenvalue weighted by Gasteiger charge is -2.39. The van der Waals surface area contributed by atoms with Crippen LogP contribution in [0.5, 0.6) is 5.75 Å². The number of hydrogen-bond acceptors (Lipinski definition) is 5. The van der Waals surface area contributed by atoms with Gasteiger partial charge in [-0.3, -0.25) is 0 Å². The Morgan fingerprint density at radius 2 is 1.76 bits per heavy atom. The van der Waals surface area contributed by atoms with Crippen LogP contribution in [0.15, 0.2) is 83.5 Å². The lowest BCUT2D eigenvalue weighted by atomic mass is 9.84. The van der Waals surface area contributed by atoms with Gasteiger partial charge in [0.15, 0.2) is 6.10 Å². The third kappa shape index (κ3) is 3.23. The molecule has 3 heterocycles. The van der Waals surface area contributed by atoms with Gasteiger partial charge >= 0.3 is 0 Å². The van der Waals surface area contributed by atoms with Gasteiger partial charge in [-0.2, -0.15) is 4.98 Å². The number of benzene rings is 3. The molecule has 4 aromatic rings. The smallest absolute Gasteiger partial charge is 0.227 e. The predicted octanol–water partition coefficient (Wildman–Crippen LogP) is 6.01. The number of ether oxygens (including phenoxy) is 1. The summed E-state index contributed by atoms with van der Waals surface area (Å²) in [6.07, 6.45) is 1.33. The lowest BCUT2D eigenvalue weighted by Crippen LogP contribution is -2.32. The molecule has 164 valence electrons. The van der Waals surface area contributed by atoms with Crippen molar-refractivity contribution in [3.63, 3.8) is 0 Å². The van der Waals surface area contributed by atoms with Crippen molar-refractivity contribution >= 4 is 23.4 Å². The number of thioether (sulfide) groups is 1. The van der Waals surface area contributed by atoms with Crippen molar-refractivity contribution in [2.75, 3.05) is 11.6 Å². The molecule has 1 N–H and O–H groups in total. The van der Waals surface area contributed by atoms with E-state index >= 15 is 4.39 Å². The summed E-state index contributed by atoms with van der Waals surface area (Å²) >= 11 is 1.49. The van der Waals surface area contributed by atoms with E-state index in [9.17, 15) is 0 Å². The molecule has 33 heavy (non-hydrogen) atoms. The summed E-state index contributed by atoms with van der Waals surface area (Å²) in [7, 11) is 0. The summed E-state index contributed by atoms with van der Waals surface area (Å²) in [5, 5.41) is 8.94. The van der Waals surface area contributed by atoms with Gasteiger partial charge in [-0.1, -0.05) is 71.9 Å². The van der Waals surface area contributed by atoms with Crippen molar-refractivity contribution < 1.29 is 9.13 Å². The number of fused-ring (bicyclic) bond motifs is 3. The lowest BCUT2D eigenvalue weighted by molar-refractivity contribution is 0.218. The van der Waals surface area contributed by atoms with E-state index in [0.29, 0.717) is 22.4 Å². The average Bonchev–Trinajstić information content (AvgIpc) is 3.26. The van der Waals surface area contributed by atoms with Crippen molar-refractivity contribution in [1.82, 2.24) is 14.8 Å². The fraction of sp³-hybridized carbons (Fsp3) is 0.154. The Labute approximate surface area is 195 Å². The van der Waals surface area contributed by atoms with E-state index in [4.69, 9.17) is 14.8 Å². The maximum Gasteiger partial charge on any atom is 0.227 e. The molecule has 2 aliphatic heterocycles. The Hall–Kier alpha value is -3.58. The van der Waals surface area contributed by atoms with Crippen LogP contribution < -0.4 is 10.1 Å². The third-order valence-electron chi connectivity index (χ3n) is 6.12. The van der Waals surface area contributed by atoms with Crippen LogP contribution in [0.25, 0.3) is 5.70 Å². The van der Waals surface area contributed by atoms with Gasteiger partial charge in [0.2, 0.25) is 11.1 Å². The molecule has 2 atom stereocenters. The van der Waals surface area contributed by atoms with E-state index in [0.717, 1.165) is 22.4 Å². The molecule has 0 spiro atoms. The number of nitrogens with one attached hydrogen (secondary N) is 1. The second-order valence-corrected chi connectivity index (χ2v) is 8.92. The highest BCUT2D eigenvalue weighted by Gasteiger charge is 2.42. The van der Waals surface area contributed by atoms with E-state index in [1.807, 2.05) is 41.3 Å². The summed E-state index contributed by atoms with van der Waals surface area (Å²) < 4.78 is 23.5. The van der Waals surface area contributed by atoms with E-state index < -0.39 is 6.10 Å². The van der Waals surface area contributed by atoms with Crippen molar-refractivity contribution in [2.24, 2.45) is 0 Å². The fourth-order valence-corrected chi connectivity index (χ4v) is 4.91. The van der Waals surface area contributed by atoms with Crippen molar-refractivity contribution in [2.45, 2.75) is 24.2 Å². The minimum atomic E-state index is -0.620. The first-order valence-electron chi connectivity index (χ1n) is 10.7. The molecular weight excluding hydrogens is 435 g/mol. The van der Waals surface area contributed by atoms with Crippen LogP contribution in [0, 0.1) is 12.7 Å². The number of aryl methyl sites for hydroxylation is 1. The number of anilines is 1. The van der Waals surface area contributed by atoms with E-state index in [2.05, 4.69) is 36.5 Å². The Morgan fingerprint density at radius 3 is 2.55 bits per heavy atom. The van der Waals surface area contributed by atoms with E-state index in [1.54, 1.807) is 12.1 Å². The Morgan fingerprint density at radius 1 is 1.00 bits per heavy atom. The SMILES string of the molecule is CSc1nc2n(n1)[C@H](c1ccc(C)cc1)C1=C(N2)c2ccccc2O[C@@H]1c1ccccc1F. The molecule has 6 rings (SSSR count). The van der Waals surface area contributed by atoms with Crippen molar-refractivity contribution in [3.8, 4) is 5.75 Å². The quantitative estimate of drug-likeness (QED) is 0.383. The molecule has 0 unspecified atom stereocenters. The van der Waals surface area contributed by atoms with Gasteiger partial charge in [-0.15, -0.1) is 5.10 Å². The van der Waals surface area contributed by atoms with Crippen LogP contribution in [-0.4, -0.2) is 21.0 Å². The van der Waals surface area contributed by atoms with Gasteiger partial charge in [0.25, 0.3) is 0 Å². The molecule has 3 aromatic carbocycles. The maximum atomic E-state index is 15.1. The molecule has 5 nitrogen and oxygen atoms in total. The molecule has 1 aromatic heterocycles. The highest BCUT2D eigenvalue weighted by atomic mass is 32.2. The summed E-state index contributed by atoms with van der Waals surface area (Å²) in [4.78, 5) is 4.70. The van der Waals surface area contributed by atoms with Crippen LogP contribution in [0.4, 0.5) is 10.3 Å². The van der Waals surface area contributed by atoms with E-state index in [-0.39, 0.29) is 11.9 Å². The molecular formula is C26H21FN4OS. The predicted molar refractivity (Wildman–Crippen MR) is 128 cm³/mol. The van der Waals surface area contributed by atoms with Crippen LogP contribution in [0.3, 0.4) is 0 Å². The van der Waals surface area contributed by atoms with Crippen LogP contribution >= 0.6 is 11.8 Å². The topological polar surface area (TPSA) is 52.0 Å². The first-order chi connectivity index (χ1) is 16.1. The van der Waals surface area contributed by atoms with E-state index in [1.165, 1.54) is 23.4 Å². The Kier molecular flexibility index (Phi) is 4.73. The second kappa shape index (κ2) is 7.78. The minimum absolute atomic E-state index is 0.300. The number of halogens is 1. The molecule has 0 saturated heterocycles. The van der Waals surface area contributed by atoms with Crippen molar-refractivity contribution in [1.29, 1.82) is 0 Å². The molecule has 0 radical (unpaired) electrons. The molecule has 2 aliphatic rings.